The minimum Gasteiger partial charge on any atom is -0.358 e. The number of fused-ring (bicyclic) bond motifs is 1. The standard InChI is InChI=1S/C13H11N3OS/c1-7-9(6-11-12(17)16-13(14)18-11)8-4-2-3-5-10(8)15-7/h2-6,15H,1H3,(H2,14,16,17)/b11-6+. The first-order valence-electron chi connectivity index (χ1n) is 5.52. The monoisotopic (exact) mass is 257 g/mol. The molecule has 1 fully saturated rings. The van der Waals surface area contributed by atoms with E-state index in [-0.39, 0.29) is 11.1 Å². The molecule has 5 heteroatoms. The normalized spacial score (nSPS) is 17.7. The predicted molar refractivity (Wildman–Crippen MR) is 74.5 cm³/mol. The summed E-state index contributed by atoms with van der Waals surface area (Å²) in [5.74, 6) is -0.199. The molecule has 0 bridgehead atoms. The zero-order valence-corrected chi connectivity index (χ0v) is 10.5. The number of rotatable bonds is 1. The van der Waals surface area contributed by atoms with E-state index < -0.39 is 0 Å². The number of H-pyrrole nitrogens is 1. The minimum atomic E-state index is -0.199. The number of hydrogen-bond donors (Lipinski definition) is 3. The molecule has 0 aliphatic carbocycles. The van der Waals surface area contributed by atoms with Gasteiger partial charge in [0.05, 0.1) is 4.91 Å². The number of aromatic nitrogens is 1. The van der Waals surface area contributed by atoms with E-state index >= 15 is 0 Å². The van der Waals surface area contributed by atoms with Crippen molar-refractivity contribution in [3.05, 3.63) is 40.4 Å². The highest BCUT2D eigenvalue weighted by Gasteiger charge is 2.23. The van der Waals surface area contributed by atoms with Crippen LogP contribution in [0.5, 0.6) is 0 Å². The molecule has 0 unspecified atom stereocenters. The number of para-hydroxylation sites is 1. The lowest BCUT2D eigenvalue weighted by Crippen LogP contribution is -2.18. The Morgan fingerprint density at radius 1 is 1.33 bits per heavy atom. The van der Waals surface area contributed by atoms with Crippen molar-refractivity contribution in [1.29, 1.82) is 5.41 Å². The highest BCUT2D eigenvalue weighted by molar-refractivity contribution is 8.18. The average molecular weight is 257 g/mol. The number of nitrogens with one attached hydrogen (secondary N) is 3. The van der Waals surface area contributed by atoms with Gasteiger partial charge in [-0.15, -0.1) is 0 Å². The largest absolute Gasteiger partial charge is 0.358 e. The topological polar surface area (TPSA) is 68.7 Å². The fraction of sp³-hybridized carbons (Fsp3) is 0.0769. The van der Waals surface area contributed by atoms with Gasteiger partial charge < -0.3 is 10.3 Å². The van der Waals surface area contributed by atoms with E-state index in [1.165, 1.54) is 0 Å². The number of thioether (sulfide) groups is 1. The Balaban J connectivity index is 2.15. The van der Waals surface area contributed by atoms with Gasteiger partial charge in [-0.05, 0) is 30.8 Å². The first-order valence-corrected chi connectivity index (χ1v) is 6.33. The van der Waals surface area contributed by atoms with Crippen LogP contribution in [-0.2, 0) is 4.79 Å². The Morgan fingerprint density at radius 2 is 2.11 bits per heavy atom. The number of aryl methyl sites for hydroxylation is 1. The van der Waals surface area contributed by atoms with Gasteiger partial charge in [-0.25, -0.2) is 0 Å². The number of amidine groups is 1. The van der Waals surface area contributed by atoms with Gasteiger partial charge in [0.15, 0.2) is 5.17 Å². The maximum atomic E-state index is 11.6. The van der Waals surface area contributed by atoms with Crippen molar-refractivity contribution in [2.24, 2.45) is 0 Å². The predicted octanol–water partition coefficient (Wildman–Crippen LogP) is 2.61. The molecule has 0 radical (unpaired) electrons. The lowest BCUT2D eigenvalue weighted by Gasteiger charge is -1.95. The van der Waals surface area contributed by atoms with Gasteiger partial charge in [-0.1, -0.05) is 18.2 Å². The number of hydrogen-bond acceptors (Lipinski definition) is 3. The highest BCUT2D eigenvalue weighted by atomic mass is 32.2. The SMILES string of the molecule is Cc1[nH]c2ccccc2c1/C=C1/SC(=N)NC1=O. The molecule has 1 amide bonds. The molecule has 1 aliphatic heterocycles. The highest BCUT2D eigenvalue weighted by Crippen LogP contribution is 2.29. The van der Waals surface area contributed by atoms with Crippen LogP contribution in [0.3, 0.4) is 0 Å². The second-order valence-corrected chi connectivity index (χ2v) is 5.16. The molecule has 1 aliphatic rings. The van der Waals surface area contributed by atoms with Crippen molar-refractivity contribution in [2.45, 2.75) is 6.92 Å². The molecule has 2 heterocycles. The summed E-state index contributed by atoms with van der Waals surface area (Å²) in [7, 11) is 0. The van der Waals surface area contributed by atoms with Gasteiger partial charge >= 0.3 is 0 Å². The smallest absolute Gasteiger partial charge is 0.264 e. The van der Waals surface area contributed by atoms with E-state index in [4.69, 9.17) is 5.41 Å². The Hall–Kier alpha value is -2.01. The summed E-state index contributed by atoms with van der Waals surface area (Å²) in [6, 6.07) is 7.98. The minimum absolute atomic E-state index is 0.184. The van der Waals surface area contributed by atoms with Gasteiger partial charge in [0.2, 0.25) is 0 Å². The lowest BCUT2D eigenvalue weighted by molar-refractivity contribution is -0.115. The van der Waals surface area contributed by atoms with E-state index in [1.807, 2.05) is 37.3 Å². The molecule has 2 aromatic rings. The molecule has 3 N–H and O–H groups in total. The van der Waals surface area contributed by atoms with Crippen molar-refractivity contribution in [1.82, 2.24) is 10.3 Å². The number of carbonyl (C=O) groups is 1. The number of amides is 1. The molecule has 0 spiro atoms. The molecule has 1 aromatic carbocycles. The van der Waals surface area contributed by atoms with Gasteiger partial charge in [-0.3, -0.25) is 10.2 Å². The van der Waals surface area contributed by atoms with E-state index in [1.54, 1.807) is 0 Å². The summed E-state index contributed by atoms with van der Waals surface area (Å²) in [5.41, 5.74) is 3.09. The molecule has 4 nitrogen and oxygen atoms in total. The van der Waals surface area contributed by atoms with Crippen LogP contribution in [0.2, 0.25) is 0 Å². The number of benzene rings is 1. The molecular formula is C13H11N3OS. The van der Waals surface area contributed by atoms with Crippen LogP contribution in [0.4, 0.5) is 0 Å². The Labute approximate surface area is 108 Å². The summed E-state index contributed by atoms with van der Waals surface area (Å²) in [4.78, 5) is 15.5. The van der Waals surface area contributed by atoms with Gasteiger partial charge in [0.25, 0.3) is 5.91 Å². The molecule has 1 aromatic heterocycles. The van der Waals surface area contributed by atoms with E-state index in [2.05, 4.69) is 10.3 Å². The Bertz CT molecular complexity index is 699. The summed E-state index contributed by atoms with van der Waals surface area (Å²) in [5, 5.41) is 11.2. The molecule has 1 saturated heterocycles. The van der Waals surface area contributed by atoms with E-state index in [0.29, 0.717) is 4.91 Å². The van der Waals surface area contributed by atoms with Crippen molar-refractivity contribution in [2.75, 3.05) is 0 Å². The van der Waals surface area contributed by atoms with Crippen molar-refractivity contribution in [3.8, 4) is 0 Å². The van der Waals surface area contributed by atoms with Gasteiger partial charge in [-0.2, -0.15) is 0 Å². The summed E-state index contributed by atoms with van der Waals surface area (Å²) in [6.45, 7) is 1.98. The molecular weight excluding hydrogens is 246 g/mol. The van der Waals surface area contributed by atoms with Crippen molar-refractivity contribution in [3.63, 3.8) is 0 Å². The zero-order chi connectivity index (χ0) is 12.7. The summed E-state index contributed by atoms with van der Waals surface area (Å²) >= 11 is 1.16. The third-order valence-corrected chi connectivity index (χ3v) is 3.71. The van der Waals surface area contributed by atoms with E-state index in [9.17, 15) is 4.79 Å². The number of aromatic amines is 1. The lowest BCUT2D eigenvalue weighted by atomic mass is 10.1. The van der Waals surface area contributed by atoms with Gasteiger partial charge in [0, 0.05) is 22.2 Å². The second kappa shape index (κ2) is 4.03. The average Bonchev–Trinajstić information content (AvgIpc) is 2.81. The Morgan fingerprint density at radius 3 is 2.83 bits per heavy atom. The molecule has 0 atom stereocenters. The van der Waals surface area contributed by atoms with Crippen molar-refractivity contribution >= 4 is 39.8 Å². The van der Waals surface area contributed by atoms with Crippen LogP contribution in [0.15, 0.2) is 29.2 Å². The fourth-order valence-electron chi connectivity index (χ4n) is 2.06. The van der Waals surface area contributed by atoms with Crippen molar-refractivity contribution < 1.29 is 4.79 Å². The summed E-state index contributed by atoms with van der Waals surface area (Å²) < 4.78 is 0. The third-order valence-electron chi connectivity index (χ3n) is 2.88. The van der Waals surface area contributed by atoms with Crippen LogP contribution in [-0.4, -0.2) is 16.1 Å². The van der Waals surface area contributed by atoms with Crippen LogP contribution >= 0.6 is 11.8 Å². The maximum Gasteiger partial charge on any atom is 0.264 e. The second-order valence-electron chi connectivity index (χ2n) is 4.10. The van der Waals surface area contributed by atoms with Gasteiger partial charge in [0.1, 0.15) is 0 Å². The fourth-order valence-corrected chi connectivity index (χ4v) is 2.74. The first kappa shape index (κ1) is 11.1. The Kier molecular flexibility index (Phi) is 2.48. The zero-order valence-electron chi connectivity index (χ0n) is 9.70. The molecule has 18 heavy (non-hydrogen) atoms. The first-order chi connectivity index (χ1) is 8.65. The quantitative estimate of drug-likeness (QED) is 0.687. The van der Waals surface area contributed by atoms with Crippen LogP contribution in [0, 0.1) is 12.3 Å². The summed E-state index contributed by atoms with van der Waals surface area (Å²) in [6.07, 6.45) is 1.84. The van der Waals surface area contributed by atoms with Crippen LogP contribution in [0.1, 0.15) is 11.3 Å². The molecule has 3 rings (SSSR count). The molecule has 0 saturated carbocycles. The number of carbonyl (C=O) groups excluding carboxylic acids is 1. The van der Waals surface area contributed by atoms with Crippen LogP contribution < -0.4 is 5.32 Å². The third kappa shape index (κ3) is 1.73. The van der Waals surface area contributed by atoms with E-state index in [0.717, 1.165) is 33.9 Å². The maximum absolute atomic E-state index is 11.6. The molecule has 90 valence electrons. The van der Waals surface area contributed by atoms with Crippen LogP contribution in [0.25, 0.3) is 17.0 Å².